The highest BCUT2D eigenvalue weighted by Crippen LogP contribution is 2.23. The second kappa shape index (κ2) is 7.64. The number of hydrogen-bond donors (Lipinski definition) is 1. The van der Waals surface area contributed by atoms with Gasteiger partial charge in [-0.2, -0.15) is 0 Å². The molecule has 2 fully saturated rings. The Hall–Kier alpha value is -1.30. The number of hydrogen-bond acceptors (Lipinski definition) is 3. The van der Waals surface area contributed by atoms with Crippen LogP contribution in [0.2, 0.25) is 0 Å². The molecule has 0 aliphatic carbocycles. The van der Waals surface area contributed by atoms with Crippen LogP contribution in [-0.2, 0) is 9.53 Å². The molecule has 0 radical (unpaired) electrons. The highest BCUT2D eigenvalue weighted by atomic mass is 16.5. The van der Waals surface area contributed by atoms with E-state index in [1.54, 1.807) is 0 Å². The Bertz CT molecular complexity index is 367. The molecule has 1 unspecified atom stereocenters. The van der Waals surface area contributed by atoms with Crippen LogP contribution < -0.4 is 0 Å². The van der Waals surface area contributed by atoms with E-state index in [0.29, 0.717) is 25.7 Å². The molecule has 2 aliphatic rings. The minimum Gasteiger partial charge on any atom is -0.481 e. The molecule has 6 heteroatoms. The van der Waals surface area contributed by atoms with Gasteiger partial charge in [-0.05, 0) is 31.6 Å². The number of carbonyl (C=O) groups is 2. The maximum absolute atomic E-state index is 12.6. The second-order valence-corrected chi connectivity index (χ2v) is 5.98. The number of aliphatic carboxylic acids is 1. The van der Waals surface area contributed by atoms with Crippen LogP contribution in [0.3, 0.4) is 0 Å². The molecule has 0 spiro atoms. The summed E-state index contributed by atoms with van der Waals surface area (Å²) >= 11 is 0. The van der Waals surface area contributed by atoms with Crippen molar-refractivity contribution < 1.29 is 19.4 Å². The zero-order valence-electron chi connectivity index (χ0n) is 12.8. The average Bonchev–Trinajstić information content (AvgIpc) is 2.52. The predicted octanol–water partition coefficient (Wildman–Crippen LogP) is 1.79. The van der Waals surface area contributed by atoms with Gasteiger partial charge in [0.2, 0.25) is 0 Å². The van der Waals surface area contributed by atoms with Crippen molar-refractivity contribution in [2.24, 2.45) is 5.92 Å². The summed E-state index contributed by atoms with van der Waals surface area (Å²) in [6.45, 7) is 5.51. The van der Waals surface area contributed by atoms with Gasteiger partial charge in [0.1, 0.15) is 0 Å². The van der Waals surface area contributed by atoms with E-state index in [1.807, 2.05) is 9.80 Å². The number of carboxylic acids is 1. The number of carboxylic acid groups (broad SMARTS) is 1. The summed E-state index contributed by atoms with van der Waals surface area (Å²) in [7, 11) is 0. The first kappa shape index (κ1) is 16.1. The monoisotopic (exact) mass is 298 g/mol. The molecule has 2 heterocycles. The topological polar surface area (TPSA) is 70.1 Å². The van der Waals surface area contributed by atoms with E-state index in [4.69, 9.17) is 9.84 Å². The van der Waals surface area contributed by atoms with Crippen LogP contribution in [0.15, 0.2) is 0 Å². The van der Waals surface area contributed by atoms with E-state index in [-0.39, 0.29) is 18.5 Å². The first-order valence-corrected chi connectivity index (χ1v) is 7.97. The maximum atomic E-state index is 12.6. The van der Waals surface area contributed by atoms with Crippen LogP contribution in [0, 0.1) is 5.92 Å². The van der Waals surface area contributed by atoms with Gasteiger partial charge < -0.3 is 19.6 Å². The standard InChI is InChI=1S/C15H26N2O4/c1-2-13-11-21-10-9-17(13)15(20)16-7-5-12(6-8-16)3-4-14(18)19/h12-13H,2-11H2,1H3,(H,18,19). The number of rotatable bonds is 4. The van der Waals surface area contributed by atoms with Crippen LogP contribution in [0.1, 0.15) is 39.0 Å². The Labute approximate surface area is 126 Å². The van der Waals surface area contributed by atoms with Crippen molar-refractivity contribution in [3.63, 3.8) is 0 Å². The Morgan fingerprint density at radius 2 is 1.95 bits per heavy atom. The number of urea groups is 1. The Morgan fingerprint density at radius 1 is 1.24 bits per heavy atom. The lowest BCUT2D eigenvalue weighted by Gasteiger charge is -2.40. The van der Waals surface area contributed by atoms with Crippen molar-refractivity contribution in [3.8, 4) is 0 Å². The van der Waals surface area contributed by atoms with Crippen LogP contribution >= 0.6 is 0 Å². The normalized spacial score (nSPS) is 24.1. The summed E-state index contributed by atoms with van der Waals surface area (Å²) in [5.41, 5.74) is 0. The van der Waals surface area contributed by atoms with Gasteiger partial charge in [-0.25, -0.2) is 4.79 Å². The van der Waals surface area contributed by atoms with Crippen LogP contribution in [-0.4, -0.2) is 65.8 Å². The Balaban J connectivity index is 1.80. The molecule has 2 saturated heterocycles. The van der Waals surface area contributed by atoms with E-state index in [0.717, 1.165) is 38.8 Å². The number of piperidine rings is 1. The number of likely N-dealkylation sites (tertiary alicyclic amines) is 1. The lowest BCUT2D eigenvalue weighted by Crippen LogP contribution is -2.54. The van der Waals surface area contributed by atoms with Gasteiger partial charge in [-0.1, -0.05) is 6.92 Å². The SMILES string of the molecule is CCC1COCCN1C(=O)N1CCC(CCC(=O)O)CC1. The number of ether oxygens (including phenoxy) is 1. The van der Waals surface area contributed by atoms with Gasteiger partial charge in [0.05, 0.1) is 19.3 Å². The fourth-order valence-corrected chi connectivity index (χ4v) is 3.17. The first-order valence-electron chi connectivity index (χ1n) is 7.97. The van der Waals surface area contributed by atoms with Crippen LogP contribution in [0.4, 0.5) is 4.79 Å². The van der Waals surface area contributed by atoms with E-state index < -0.39 is 5.97 Å². The van der Waals surface area contributed by atoms with Crippen LogP contribution in [0.5, 0.6) is 0 Å². The predicted molar refractivity (Wildman–Crippen MR) is 78.2 cm³/mol. The van der Waals surface area contributed by atoms with Crippen molar-refractivity contribution in [2.75, 3.05) is 32.8 Å². The third kappa shape index (κ3) is 4.33. The fourth-order valence-electron chi connectivity index (χ4n) is 3.17. The molecular formula is C15H26N2O4. The number of carbonyl (C=O) groups excluding carboxylic acids is 1. The highest BCUT2D eigenvalue weighted by molar-refractivity contribution is 5.75. The molecule has 1 N–H and O–H groups in total. The molecule has 0 aromatic carbocycles. The van der Waals surface area contributed by atoms with E-state index in [2.05, 4.69) is 6.92 Å². The summed E-state index contributed by atoms with van der Waals surface area (Å²) in [6.07, 6.45) is 3.72. The van der Waals surface area contributed by atoms with E-state index in [9.17, 15) is 9.59 Å². The maximum Gasteiger partial charge on any atom is 0.320 e. The van der Waals surface area contributed by atoms with Gasteiger partial charge >= 0.3 is 12.0 Å². The smallest absolute Gasteiger partial charge is 0.320 e. The van der Waals surface area contributed by atoms with Gasteiger partial charge in [0.15, 0.2) is 0 Å². The molecule has 0 aromatic rings. The minimum atomic E-state index is -0.729. The summed E-state index contributed by atoms with van der Waals surface area (Å²) in [5.74, 6) is -0.288. The lowest BCUT2D eigenvalue weighted by molar-refractivity contribution is -0.137. The fraction of sp³-hybridized carbons (Fsp3) is 0.867. The molecule has 0 bridgehead atoms. The van der Waals surface area contributed by atoms with Gasteiger partial charge in [0.25, 0.3) is 0 Å². The van der Waals surface area contributed by atoms with Gasteiger partial charge in [-0.15, -0.1) is 0 Å². The molecule has 2 aliphatic heterocycles. The Morgan fingerprint density at radius 3 is 2.57 bits per heavy atom. The summed E-state index contributed by atoms with van der Waals surface area (Å²) in [4.78, 5) is 27.1. The zero-order chi connectivity index (χ0) is 15.2. The third-order valence-corrected chi connectivity index (χ3v) is 4.60. The Kier molecular flexibility index (Phi) is 5.85. The summed E-state index contributed by atoms with van der Waals surface area (Å²) in [6, 6.07) is 0.317. The third-order valence-electron chi connectivity index (χ3n) is 4.60. The van der Waals surface area contributed by atoms with Crippen molar-refractivity contribution in [1.82, 2.24) is 9.80 Å². The molecule has 1 atom stereocenters. The second-order valence-electron chi connectivity index (χ2n) is 5.98. The molecule has 21 heavy (non-hydrogen) atoms. The average molecular weight is 298 g/mol. The van der Waals surface area contributed by atoms with Crippen molar-refractivity contribution in [2.45, 2.75) is 45.1 Å². The molecule has 2 amide bonds. The minimum absolute atomic E-state index is 0.127. The number of amides is 2. The summed E-state index contributed by atoms with van der Waals surface area (Å²) < 4.78 is 5.44. The first-order chi connectivity index (χ1) is 10.1. The number of morpholine rings is 1. The van der Waals surface area contributed by atoms with Crippen molar-refractivity contribution >= 4 is 12.0 Å². The lowest BCUT2D eigenvalue weighted by atomic mass is 9.92. The molecular weight excluding hydrogens is 272 g/mol. The summed E-state index contributed by atoms with van der Waals surface area (Å²) in [5, 5.41) is 8.73. The van der Waals surface area contributed by atoms with E-state index >= 15 is 0 Å². The van der Waals surface area contributed by atoms with Crippen molar-refractivity contribution in [1.29, 1.82) is 0 Å². The number of nitrogens with zero attached hydrogens (tertiary/aromatic N) is 2. The quantitative estimate of drug-likeness (QED) is 0.859. The molecule has 2 rings (SSSR count). The van der Waals surface area contributed by atoms with Crippen LogP contribution in [0.25, 0.3) is 0 Å². The zero-order valence-corrected chi connectivity index (χ0v) is 12.8. The van der Waals surface area contributed by atoms with Gasteiger partial charge in [0, 0.05) is 26.1 Å². The molecule has 6 nitrogen and oxygen atoms in total. The largest absolute Gasteiger partial charge is 0.481 e. The van der Waals surface area contributed by atoms with Gasteiger partial charge in [-0.3, -0.25) is 4.79 Å². The molecule has 120 valence electrons. The molecule has 0 saturated carbocycles. The highest BCUT2D eigenvalue weighted by Gasteiger charge is 2.31. The van der Waals surface area contributed by atoms with Crippen molar-refractivity contribution in [3.05, 3.63) is 0 Å². The molecule has 0 aromatic heterocycles. The van der Waals surface area contributed by atoms with E-state index in [1.165, 1.54) is 0 Å².